The second-order valence-corrected chi connectivity index (χ2v) is 4.41. The Morgan fingerprint density at radius 1 is 0.882 bits per heavy atom. The van der Waals surface area contributed by atoms with Gasteiger partial charge in [0.05, 0.1) is 0 Å². The number of benzene rings is 2. The van der Waals surface area contributed by atoms with Gasteiger partial charge in [0.2, 0.25) is 0 Å². The molecule has 0 aliphatic rings. The molecule has 0 fully saturated rings. The maximum atomic E-state index is 9.28. The Labute approximate surface area is 103 Å². The minimum atomic E-state index is 0.322. The van der Waals surface area contributed by atoms with Gasteiger partial charge in [-0.15, -0.1) is 0 Å². The third kappa shape index (κ3) is 2.68. The second kappa shape index (κ2) is 5.05. The van der Waals surface area contributed by atoms with Crippen LogP contribution in [0.4, 0.5) is 0 Å². The molecule has 1 atom stereocenters. The fourth-order valence-electron chi connectivity index (χ4n) is 2.00. The molecule has 0 heterocycles. The van der Waals surface area contributed by atoms with Gasteiger partial charge in [-0.2, -0.15) is 0 Å². The lowest BCUT2D eigenvalue weighted by molar-refractivity contribution is 0.475. The average Bonchev–Trinajstić information content (AvgIpc) is 2.39. The first kappa shape index (κ1) is 11.7. The SMILES string of the molecule is CCc1ccc(C(C)c2ccc(O)cc2)cc1. The zero-order valence-corrected chi connectivity index (χ0v) is 10.4. The van der Waals surface area contributed by atoms with E-state index in [2.05, 4.69) is 38.1 Å². The molecule has 0 aromatic heterocycles. The van der Waals surface area contributed by atoms with Crippen LogP contribution in [0, 0.1) is 0 Å². The number of hydrogen-bond donors (Lipinski definition) is 1. The highest BCUT2D eigenvalue weighted by atomic mass is 16.3. The van der Waals surface area contributed by atoms with Gasteiger partial charge in [0.25, 0.3) is 0 Å². The number of aryl methyl sites for hydroxylation is 1. The topological polar surface area (TPSA) is 20.2 Å². The van der Waals surface area contributed by atoms with Crippen molar-refractivity contribution in [2.24, 2.45) is 0 Å². The molecule has 0 saturated carbocycles. The van der Waals surface area contributed by atoms with Crippen LogP contribution in [-0.4, -0.2) is 5.11 Å². The summed E-state index contributed by atoms with van der Waals surface area (Å²) in [5.41, 5.74) is 3.91. The van der Waals surface area contributed by atoms with Crippen molar-refractivity contribution >= 4 is 0 Å². The van der Waals surface area contributed by atoms with Gasteiger partial charge in [-0.25, -0.2) is 0 Å². The molecule has 17 heavy (non-hydrogen) atoms. The van der Waals surface area contributed by atoms with Crippen molar-refractivity contribution in [3.63, 3.8) is 0 Å². The third-order valence-electron chi connectivity index (χ3n) is 3.28. The summed E-state index contributed by atoms with van der Waals surface area (Å²) >= 11 is 0. The number of phenolic OH excluding ortho intramolecular Hbond substituents is 1. The zero-order valence-electron chi connectivity index (χ0n) is 10.4. The van der Waals surface area contributed by atoms with Crippen molar-refractivity contribution < 1.29 is 5.11 Å². The lowest BCUT2D eigenvalue weighted by atomic mass is 9.92. The van der Waals surface area contributed by atoms with Crippen molar-refractivity contribution in [1.29, 1.82) is 0 Å². The van der Waals surface area contributed by atoms with E-state index in [1.807, 2.05) is 12.1 Å². The summed E-state index contributed by atoms with van der Waals surface area (Å²) < 4.78 is 0. The first-order valence-corrected chi connectivity index (χ1v) is 6.08. The molecule has 1 unspecified atom stereocenters. The van der Waals surface area contributed by atoms with Crippen LogP contribution >= 0.6 is 0 Å². The van der Waals surface area contributed by atoms with E-state index in [0.29, 0.717) is 11.7 Å². The molecule has 2 aromatic rings. The highest BCUT2D eigenvalue weighted by molar-refractivity contribution is 5.35. The van der Waals surface area contributed by atoms with Gasteiger partial charge in [-0.05, 0) is 35.2 Å². The standard InChI is InChI=1S/C16H18O/c1-3-13-4-6-14(7-5-13)12(2)15-8-10-16(17)11-9-15/h4-12,17H,3H2,1-2H3. The van der Waals surface area contributed by atoms with Crippen LogP contribution in [-0.2, 0) is 6.42 Å². The number of hydrogen-bond acceptors (Lipinski definition) is 1. The summed E-state index contributed by atoms with van der Waals surface area (Å²) in [7, 11) is 0. The Morgan fingerprint density at radius 3 is 1.82 bits per heavy atom. The Morgan fingerprint density at radius 2 is 1.35 bits per heavy atom. The minimum absolute atomic E-state index is 0.322. The van der Waals surface area contributed by atoms with E-state index < -0.39 is 0 Å². The molecule has 0 spiro atoms. The lowest BCUT2D eigenvalue weighted by Crippen LogP contribution is -1.95. The average molecular weight is 226 g/mol. The molecule has 0 amide bonds. The van der Waals surface area contributed by atoms with Crippen LogP contribution in [0.15, 0.2) is 48.5 Å². The van der Waals surface area contributed by atoms with Crippen molar-refractivity contribution in [3.8, 4) is 5.75 Å². The van der Waals surface area contributed by atoms with E-state index in [-0.39, 0.29) is 0 Å². The quantitative estimate of drug-likeness (QED) is 0.835. The van der Waals surface area contributed by atoms with Crippen LogP contribution in [0.1, 0.15) is 36.5 Å². The molecule has 1 N–H and O–H groups in total. The van der Waals surface area contributed by atoms with Crippen LogP contribution < -0.4 is 0 Å². The Bertz CT molecular complexity index is 468. The molecule has 0 saturated heterocycles. The normalized spacial score (nSPS) is 12.4. The fraction of sp³-hybridized carbons (Fsp3) is 0.250. The molecule has 88 valence electrons. The summed E-state index contributed by atoms with van der Waals surface area (Å²) in [6, 6.07) is 16.2. The molecule has 0 bridgehead atoms. The third-order valence-corrected chi connectivity index (χ3v) is 3.28. The van der Waals surface area contributed by atoms with Crippen molar-refractivity contribution in [1.82, 2.24) is 0 Å². The Kier molecular flexibility index (Phi) is 3.48. The molecule has 1 heteroatoms. The fourth-order valence-corrected chi connectivity index (χ4v) is 2.00. The van der Waals surface area contributed by atoms with E-state index in [1.165, 1.54) is 16.7 Å². The molecular weight excluding hydrogens is 208 g/mol. The first-order chi connectivity index (χ1) is 8.20. The van der Waals surface area contributed by atoms with Crippen LogP contribution in [0.3, 0.4) is 0 Å². The van der Waals surface area contributed by atoms with E-state index in [9.17, 15) is 5.11 Å². The molecule has 0 aliphatic carbocycles. The molecule has 1 nitrogen and oxygen atoms in total. The van der Waals surface area contributed by atoms with Gasteiger partial charge in [-0.3, -0.25) is 0 Å². The molecule has 2 rings (SSSR count). The van der Waals surface area contributed by atoms with Gasteiger partial charge < -0.3 is 5.11 Å². The summed E-state index contributed by atoms with van der Waals surface area (Å²) in [6.45, 7) is 4.35. The summed E-state index contributed by atoms with van der Waals surface area (Å²) in [4.78, 5) is 0. The molecule has 0 aliphatic heterocycles. The smallest absolute Gasteiger partial charge is 0.115 e. The van der Waals surface area contributed by atoms with E-state index in [0.717, 1.165) is 6.42 Å². The predicted octanol–water partition coefficient (Wildman–Crippen LogP) is 4.11. The maximum absolute atomic E-state index is 9.28. The van der Waals surface area contributed by atoms with Crippen LogP contribution in [0.5, 0.6) is 5.75 Å². The van der Waals surface area contributed by atoms with Crippen molar-refractivity contribution in [3.05, 3.63) is 65.2 Å². The van der Waals surface area contributed by atoms with Crippen molar-refractivity contribution in [2.45, 2.75) is 26.2 Å². The number of phenols is 1. The summed E-state index contributed by atoms with van der Waals surface area (Å²) in [5, 5.41) is 9.28. The monoisotopic (exact) mass is 226 g/mol. The second-order valence-electron chi connectivity index (χ2n) is 4.41. The van der Waals surface area contributed by atoms with Gasteiger partial charge in [0.1, 0.15) is 5.75 Å². The first-order valence-electron chi connectivity index (χ1n) is 6.08. The number of rotatable bonds is 3. The Hall–Kier alpha value is -1.76. The van der Waals surface area contributed by atoms with E-state index in [1.54, 1.807) is 12.1 Å². The summed E-state index contributed by atoms with van der Waals surface area (Å²) in [6.07, 6.45) is 1.08. The van der Waals surface area contributed by atoms with Crippen molar-refractivity contribution in [2.75, 3.05) is 0 Å². The zero-order chi connectivity index (χ0) is 12.3. The minimum Gasteiger partial charge on any atom is -0.508 e. The Balaban J connectivity index is 2.23. The van der Waals surface area contributed by atoms with Crippen LogP contribution in [0.2, 0.25) is 0 Å². The molecule has 2 aromatic carbocycles. The van der Waals surface area contributed by atoms with E-state index >= 15 is 0 Å². The molecular formula is C16H18O. The maximum Gasteiger partial charge on any atom is 0.115 e. The summed E-state index contributed by atoms with van der Waals surface area (Å²) in [5.74, 6) is 0.684. The highest BCUT2D eigenvalue weighted by Gasteiger charge is 2.07. The van der Waals surface area contributed by atoms with Gasteiger partial charge in [0.15, 0.2) is 0 Å². The van der Waals surface area contributed by atoms with Crippen LogP contribution in [0.25, 0.3) is 0 Å². The highest BCUT2D eigenvalue weighted by Crippen LogP contribution is 2.25. The van der Waals surface area contributed by atoms with E-state index in [4.69, 9.17) is 0 Å². The molecule has 0 radical (unpaired) electrons. The van der Waals surface area contributed by atoms with Gasteiger partial charge in [-0.1, -0.05) is 50.2 Å². The van der Waals surface area contributed by atoms with Gasteiger partial charge >= 0.3 is 0 Å². The van der Waals surface area contributed by atoms with Gasteiger partial charge in [0, 0.05) is 5.92 Å². The number of aromatic hydroxyl groups is 1. The largest absolute Gasteiger partial charge is 0.508 e. The predicted molar refractivity (Wildman–Crippen MR) is 71.4 cm³/mol. The lowest BCUT2D eigenvalue weighted by Gasteiger charge is -2.13.